The van der Waals surface area contributed by atoms with Gasteiger partial charge in [-0.05, 0) is 44.3 Å². The summed E-state index contributed by atoms with van der Waals surface area (Å²) in [5.41, 5.74) is -1.37. The van der Waals surface area contributed by atoms with Crippen LogP contribution in [0.25, 0.3) is 0 Å². The van der Waals surface area contributed by atoms with Crippen molar-refractivity contribution in [2.24, 2.45) is 0 Å². The molecule has 108 valence electrons. The third-order valence-electron chi connectivity index (χ3n) is 2.78. The number of anilines is 1. The van der Waals surface area contributed by atoms with Crippen molar-refractivity contribution in [3.63, 3.8) is 0 Å². The van der Waals surface area contributed by atoms with E-state index in [1.165, 1.54) is 12.1 Å². The summed E-state index contributed by atoms with van der Waals surface area (Å²) in [7, 11) is -0.624. The van der Waals surface area contributed by atoms with Crippen LogP contribution in [0.15, 0.2) is 24.3 Å². The monoisotopic (exact) mass is 291 g/mol. The zero-order valence-corrected chi connectivity index (χ0v) is 12.9. The Balaban J connectivity index is 3.23. The molecule has 0 aliphatic rings. The molecule has 0 spiro atoms. The lowest BCUT2D eigenvalue weighted by Crippen LogP contribution is -2.48. The summed E-state index contributed by atoms with van der Waals surface area (Å²) in [6, 6.07) is 6.15. The van der Waals surface area contributed by atoms with Gasteiger partial charge < -0.3 is 9.74 Å². The van der Waals surface area contributed by atoms with Crippen LogP contribution >= 0.6 is 0 Å². The van der Waals surface area contributed by atoms with E-state index in [1.54, 1.807) is 38.8 Å². The molecular formula is C13H20F3NOSi. The molecule has 0 bridgehead atoms. The molecule has 0 aliphatic carbocycles. The normalized spacial score (nSPS) is 16.0. The average molecular weight is 291 g/mol. The van der Waals surface area contributed by atoms with E-state index in [4.69, 9.17) is 4.43 Å². The average Bonchev–Trinajstić information content (AvgIpc) is 2.25. The Hall–Kier alpha value is -1.01. The van der Waals surface area contributed by atoms with Gasteiger partial charge in [-0.25, -0.2) is 0 Å². The molecule has 0 amide bonds. The summed E-state index contributed by atoms with van der Waals surface area (Å²) in [4.78, 5) is 0. The zero-order valence-electron chi connectivity index (χ0n) is 11.9. The van der Waals surface area contributed by atoms with Crippen LogP contribution in [-0.2, 0) is 10.0 Å². The molecule has 1 rings (SSSR count). The summed E-state index contributed by atoms with van der Waals surface area (Å²) in [5.74, 6) is 0. The van der Waals surface area contributed by atoms with Crippen LogP contribution in [0.1, 0.15) is 12.5 Å². The van der Waals surface area contributed by atoms with Crippen LogP contribution in [-0.4, -0.2) is 21.5 Å². The molecule has 0 saturated heterocycles. The molecule has 0 aliphatic heterocycles. The van der Waals surface area contributed by atoms with Crippen molar-refractivity contribution in [1.82, 2.24) is 0 Å². The molecule has 1 atom stereocenters. The molecule has 6 heteroatoms. The maximum atomic E-state index is 13.4. The van der Waals surface area contributed by atoms with Crippen molar-refractivity contribution in [2.45, 2.75) is 38.3 Å². The van der Waals surface area contributed by atoms with Crippen molar-refractivity contribution in [1.29, 1.82) is 0 Å². The third kappa shape index (κ3) is 3.73. The summed E-state index contributed by atoms with van der Waals surface area (Å²) in [6.45, 7) is 6.34. The number of hydrogen-bond donors (Lipinski definition) is 1. The van der Waals surface area contributed by atoms with E-state index in [0.717, 1.165) is 12.6 Å². The van der Waals surface area contributed by atoms with Crippen molar-refractivity contribution in [2.75, 3.05) is 12.4 Å². The van der Waals surface area contributed by atoms with Gasteiger partial charge >= 0.3 is 6.18 Å². The van der Waals surface area contributed by atoms with Crippen molar-refractivity contribution >= 4 is 14.0 Å². The predicted octanol–water partition coefficient (Wildman–Crippen LogP) is 4.36. The minimum Gasteiger partial charge on any atom is -0.401 e. The molecule has 1 aromatic carbocycles. The first-order valence-corrected chi connectivity index (χ1v) is 9.45. The highest BCUT2D eigenvalue weighted by Crippen LogP contribution is 2.43. The highest BCUT2D eigenvalue weighted by molar-refractivity contribution is 6.69. The Morgan fingerprint density at radius 3 is 1.84 bits per heavy atom. The van der Waals surface area contributed by atoms with Crippen LogP contribution < -0.4 is 5.32 Å². The zero-order chi connectivity index (χ0) is 14.9. The van der Waals surface area contributed by atoms with E-state index in [1.807, 2.05) is 0 Å². The van der Waals surface area contributed by atoms with E-state index < -0.39 is 20.1 Å². The molecule has 0 saturated carbocycles. The van der Waals surface area contributed by atoms with Gasteiger partial charge in [0.1, 0.15) is 0 Å². The standard InChI is InChI=1S/C13H20F3NOSi/c1-12(13(14,15)16,18-19(3,4)5)10-6-8-11(17-2)9-7-10/h6-9,17H,1-5H3. The number of hydrogen-bond acceptors (Lipinski definition) is 2. The molecule has 2 nitrogen and oxygen atoms in total. The molecule has 0 fully saturated rings. The number of nitrogens with one attached hydrogen (secondary N) is 1. The first-order chi connectivity index (χ1) is 8.49. The summed E-state index contributed by atoms with van der Waals surface area (Å²) in [6.07, 6.45) is -4.45. The van der Waals surface area contributed by atoms with E-state index in [0.29, 0.717) is 0 Å². The summed E-state index contributed by atoms with van der Waals surface area (Å²) < 4.78 is 45.6. The minimum atomic E-state index is -4.45. The van der Waals surface area contributed by atoms with Gasteiger partial charge in [-0.2, -0.15) is 13.2 Å². The molecule has 0 radical (unpaired) electrons. The van der Waals surface area contributed by atoms with E-state index >= 15 is 0 Å². The fraction of sp³-hybridized carbons (Fsp3) is 0.538. The van der Waals surface area contributed by atoms with Crippen molar-refractivity contribution < 1.29 is 17.6 Å². The Bertz CT molecular complexity index is 425. The van der Waals surface area contributed by atoms with E-state index in [-0.39, 0.29) is 5.56 Å². The van der Waals surface area contributed by atoms with Gasteiger partial charge in [0.2, 0.25) is 0 Å². The number of rotatable bonds is 4. The van der Waals surface area contributed by atoms with Crippen LogP contribution in [0, 0.1) is 0 Å². The molecule has 1 aromatic rings. The number of alkyl halides is 3. The number of benzene rings is 1. The highest BCUT2D eigenvalue weighted by atomic mass is 28.4. The summed E-state index contributed by atoms with van der Waals surface area (Å²) >= 11 is 0. The third-order valence-corrected chi connectivity index (χ3v) is 3.80. The molecular weight excluding hydrogens is 271 g/mol. The fourth-order valence-corrected chi connectivity index (χ4v) is 3.31. The molecule has 19 heavy (non-hydrogen) atoms. The second-order valence-electron chi connectivity index (χ2n) is 5.57. The topological polar surface area (TPSA) is 21.3 Å². The fourth-order valence-electron chi connectivity index (χ4n) is 1.85. The Kier molecular flexibility index (Phi) is 4.36. The van der Waals surface area contributed by atoms with Gasteiger partial charge in [0.05, 0.1) is 0 Å². The highest BCUT2D eigenvalue weighted by Gasteiger charge is 2.55. The smallest absolute Gasteiger partial charge is 0.401 e. The van der Waals surface area contributed by atoms with E-state index in [2.05, 4.69) is 5.32 Å². The maximum Gasteiger partial charge on any atom is 0.420 e. The number of halogens is 3. The second-order valence-corrected chi connectivity index (χ2v) is 10.0. The van der Waals surface area contributed by atoms with Crippen LogP contribution in [0.4, 0.5) is 18.9 Å². The van der Waals surface area contributed by atoms with Gasteiger partial charge in [0.25, 0.3) is 0 Å². The quantitative estimate of drug-likeness (QED) is 0.832. The molecule has 0 heterocycles. The lowest BCUT2D eigenvalue weighted by Gasteiger charge is -2.38. The predicted molar refractivity (Wildman–Crippen MR) is 73.8 cm³/mol. The van der Waals surface area contributed by atoms with Crippen molar-refractivity contribution in [3.05, 3.63) is 29.8 Å². The largest absolute Gasteiger partial charge is 0.420 e. The van der Waals surface area contributed by atoms with Crippen LogP contribution in [0.3, 0.4) is 0 Å². The first-order valence-electron chi connectivity index (χ1n) is 6.05. The SMILES string of the molecule is CNc1ccc(C(C)(O[Si](C)(C)C)C(F)(F)F)cc1. The maximum absolute atomic E-state index is 13.4. The van der Waals surface area contributed by atoms with Gasteiger partial charge in [0, 0.05) is 12.7 Å². The Labute approximate surface area is 113 Å². The van der Waals surface area contributed by atoms with Crippen molar-refractivity contribution in [3.8, 4) is 0 Å². The van der Waals surface area contributed by atoms with Gasteiger partial charge in [-0.1, -0.05) is 12.1 Å². The van der Waals surface area contributed by atoms with Crippen LogP contribution in [0.5, 0.6) is 0 Å². The lowest BCUT2D eigenvalue weighted by molar-refractivity contribution is -0.250. The molecule has 1 N–H and O–H groups in total. The summed E-state index contributed by atoms with van der Waals surface area (Å²) in [5, 5.41) is 2.88. The van der Waals surface area contributed by atoms with Crippen LogP contribution in [0.2, 0.25) is 19.6 Å². The Morgan fingerprint density at radius 2 is 1.53 bits per heavy atom. The lowest BCUT2D eigenvalue weighted by atomic mass is 9.95. The van der Waals surface area contributed by atoms with Gasteiger partial charge in [-0.15, -0.1) is 0 Å². The van der Waals surface area contributed by atoms with Gasteiger partial charge in [0.15, 0.2) is 13.9 Å². The second kappa shape index (κ2) is 5.17. The Morgan fingerprint density at radius 1 is 1.05 bits per heavy atom. The first kappa shape index (κ1) is 16.0. The molecule has 1 unspecified atom stereocenters. The molecule has 0 aromatic heterocycles. The van der Waals surface area contributed by atoms with Gasteiger partial charge in [-0.3, -0.25) is 0 Å². The minimum absolute atomic E-state index is 0.126. The van der Waals surface area contributed by atoms with E-state index in [9.17, 15) is 13.2 Å².